The number of fused-ring (bicyclic) bond motifs is 1. The standard InChI is InChI=1S/C16H18N2O2/c1-16(2)9-11-4-3-5-14(15(11)20-16)19-10-13-8-12(17)6-7-18-13/h3-8H,9-10H2,1-2H3,(H2,17,18). The van der Waals surface area contributed by atoms with E-state index in [1.165, 1.54) is 5.56 Å². The Bertz CT molecular complexity index is 638. The molecule has 0 radical (unpaired) electrons. The number of benzene rings is 1. The van der Waals surface area contributed by atoms with Gasteiger partial charge in [-0.2, -0.15) is 0 Å². The van der Waals surface area contributed by atoms with Crippen LogP contribution in [0, 0.1) is 0 Å². The Morgan fingerprint density at radius 1 is 1.35 bits per heavy atom. The molecule has 4 heteroatoms. The molecule has 2 N–H and O–H groups in total. The van der Waals surface area contributed by atoms with Crippen molar-refractivity contribution in [3.63, 3.8) is 0 Å². The number of nitrogens with zero attached hydrogens (tertiary/aromatic N) is 1. The van der Waals surface area contributed by atoms with Crippen molar-refractivity contribution in [1.29, 1.82) is 0 Å². The number of rotatable bonds is 3. The smallest absolute Gasteiger partial charge is 0.165 e. The SMILES string of the molecule is CC1(C)Cc2cccc(OCc3cc(N)ccn3)c2O1. The zero-order chi connectivity index (χ0) is 14.2. The van der Waals surface area contributed by atoms with E-state index in [1.807, 2.05) is 18.2 Å². The van der Waals surface area contributed by atoms with Gasteiger partial charge in [0.05, 0.1) is 5.69 Å². The van der Waals surface area contributed by atoms with Crippen LogP contribution >= 0.6 is 0 Å². The molecule has 0 atom stereocenters. The second-order valence-corrected chi connectivity index (χ2v) is 5.65. The van der Waals surface area contributed by atoms with Crippen LogP contribution in [0.25, 0.3) is 0 Å². The first-order chi connectivity index (χ1) is 9.53. The summed E-state index contributed by atoms with van der Waals surface area (Å²) in [6.45, 7) is 4.54. The lowest BCUT2D eigenvalue weighted by molar-refractivity contribution is 0.131. The molecule has 20 heavy (non-hydrogen) atoms. The van der Waals surface area contributed by atoms with Gasteiger partial charge in [0.15, 0.2) is 11.5 Å². The normalized spacial score (nSPS) is 15.5. The van der Waals surface area contributed by atoms with Gasteiger partial charge in [-0.05, 0) is 32.0 Å². The third kappa shape index (κ3) is 2.54. The maximum Gasteiger partial charge on any atom is 0.165 e. The third-order valence-electron chi connectivity index (χ3n) is 3.27. The van der Waals surface area contributed by atoms with Crippen LogP contribution in [-0.2, 0) is 13.0 Å². The van der Waals surface area contributed by atoms with E-state index in [0.29, 0.717) is 12.3 Å². The van der Waals surface area contributed by atoms with Crippen LogP contribution in [0.4, 0.5) is 5.69 Å². The fourth-order valence-corrected chi connectivity index (χ4v) is 2.43. The van der Waals surface area contributed by atoms with Crippen molar-refractivity contribution in [2.75, 3.05) is 5.73 Å². The molecule has 1 aromatic heterocycles. The number of anilines is 1. The Morgan fingerprint density at radius 2 is 2.20 bits per heavy atom. The lowest BCUT2D eigenvalue weighted by Crippen LogP contribution is -2.24. The van der Waals surface area contributed by atoms with Crippen molar-refractivity contribution < 1.29 is 9.47 Å². The molecule has 2 aromatic rings. The minimum Gasteiger partial charge on any atom is -0.483 e. The molecule has 2 heterocycles. The molecule has 0 unspecified atom stereocenters. The highest BCUT2D eigenvalue weighted by Crippen LogP contribution is 2.41. The van der Waals surface area contributed by atoms with Gasteiger partial charge >= 0.3 is 0 Å². The molecule has 1 aliphatic rings. The van der Waals surface area contributed by atoms with Gasteiger partial charge in [-0.1, -0.05) is 12.1 Å². The molecule has 0 saturated heterocycles. The first-order valence-electron chi connectivity index (χ1n) is 6.68. The molecule has 1 aromatic carbocycles. The molecule has 0 saturated carbocycles. The number of hydrogen-bond acceptors (Lipinski definition) is 4. The Kier molecular flexibility index (Phi) is 3.01. The number of hydrogen-bond donors (Lipinski definition) is 1. The summed E-state index contributed by atoms with van der Waals surface area (Å²) in [4.78, 5) is 4.23. The Morgan fingerprint density at radius 3 is 3.00 bits per heavy atom. The van der Waals surface area contributed by atoms with E-state index in [-0.39, 0.29) is 5.60 Å². The average molecular weight is 270 g/mol. The number of pyridine rings is 1. The summed E-state index contributed by atoms with van der Waals surface area (Å²) in [5.74, 6) is 1.61. The zero-order valence-electron chi connectivity index (χ0n) is 11.7. The Balaban J connectivity index is 1.78. The average Bonchev–Trinajstić information content (AvgIpc) is 2.71. The molecular weight excluding hydrogens is 252 g/mol. The minimum atomic E-state index is -0.169. The summed E-state index contributed by atoms with van der Waals surface area (Å²) < 4.78 is 11.8. The van der Waals surface area contributed by atoms with Gasteiger partial charge in [0.1, 0.15) is 12.2 Å². The highest BCUT2D eigenvalue weighted by atomic mass is 16.5. The van der Waals surface area contributed by atoms with Crippen molar-refractivity contribution in [2.24, 2.45) is 0 Å². The Hall–Kier alpha value is -2.23. The van der Waals surface area contributed by atoms with Gasteiger partial charge in [0.25, 0.3) is 0 Å². The van der Waals surface area contributed by atoms with Crippen LogP contribution in [0.2, 0.25) is 0 Å². The van der Waals surface area contributed by atoms with Gasteiger partial charge in [-0.25, -0.2) is 0 Å². The fourth-order valence-electron chi connectivity index (χ4n) is 2.43. The van der Waals surface area contributed by atoms with Gasteiger partial charge < -0.3 is 15.2 Å². The van der Waals surface area contributed by atoms with Crippen LogP contribution in [0.1, 0.15) is 25.1 Å². The second-order valence-electron chi connectivity index (χ2n) is 5.65. The molecule has 0 spiro atoms. The first kappa shape index (κ1) is 12.8. The van der Waals surface area contributed by atoms with Crippen molar-refractivity contribution in [3.05, 3.63) is 47.8 Å². The molecule has 104 valence electrons. The van der Waals surface area contributed by atoms with Crippen molar-refractivity contribution in [2.45, 2.75) is 32.5 Å². The monoisotopic (exact) mass is 270 g/mol. The summed E-state index contributed by atoms with van der Waals surface area (Å²) in [6.07, 6.45) is 2.58. The van der Waals surface area contributed by atoms with Gasteiger partial charge in [-0.15, -0.1) is 0 Å². The van der Waals surface area contributed by atoms with E-state index in [4.69, 9.17) is 15.2 Å². The molecule has 0 fully saturated rings. The van der Waals surface area contributed by atoms with Gasteiger partial charge in [0.2, 0.25) is 0 Å². The first-order valence-corrected chi connectivity index (χ1v) is 6.68. The molecular formula is C16H18N2O2. The van der Waals surface area contributed by atoms with Crippen molar-refractivity contribution in [1.82, 2.24) is 4.98 Å². The molecule has 0 bridgehead atoms. The highest BCUT2D eigenvalue weighted by Gasteiger charge is 2.32. The number of ether oxygens (including phenoxy) is 2. The van der Waals surface area contributed by atoms with Crippen LogP contribution in [0.15, 0.2) is 36.5 Å². The summed E-state index contributed by atoms with van der Waals surface area (Å²) in [5, 5.41) is 0. The second kappa shape index (κ2) is 4.71. The van der Waals surface area contributed by atoms with Gasteiger partial charge in [-0.3, -0.25) is 4.98 Å². The maximum absolute atomic E-state index is 5.97. The molecule has 0 aliphatic carbocycles. The summed E-state index contributed by atoms with van der Waals surface area (Å²) >= 11 is 0. The Labute approximate surface area is 118 Å². The maximum atomic E-state index is 5.97. The lowest BCUT2D eigenvalue weighted by Gasteiger charge is -2.18. The van der Waals surface area contributed by atoms with E-state index in [0.717, 1.165) is 23.6 Å². The van der Waals surface area contributed by atoms with E-state index in [9.17, 15) is 0 Å². The third-order valence-corrected chi connectivity index (χ3v) is 3.27. The number of para-hydroxylation sites is 1. The quantitative estimate of drug-likeness (QED) is 0.931. The molecule has 3 rings (SSSR count). The largest absolute Gasteiger partial charge is 0.483 e. The lowest BCUT2D eigenvalue weighted by atomic mass is 10.0. The van der Waals surface area contributed by atoms with Crippen molar-refractivity contribution >= 4 is 5.69 Å². The number of aromatic nitrogens is 1. The van der Waals surface area contributed by atoms with Crippen LogP contribution < -0.4 is 15.2 Å². The topological polar surface area (TPSA) is 57.4 Å². The minimum absolute atomic E-state index is 0.169. The summed E-state index contributed by atoms with van der Waals surface area (Å²) in [6, 6.07) is 9.57. The van der Waals surface area contributed by atoms with Crippen LogP contribution in [0.3, 0.4) is 0 Å². The fraction of sp³-hybridized carbons (Fsp3) is 0.312. The summed E-state index contributed by atoms with van der Waals surface area (Å²) in [7, 11) is 0. The summed E-state index contributed by atoms with van der Waals surface area (Å²) in [5.41, 5.74) is 8.25. The van der Waals surface area contributed by atoms with Crippen LogP contribution in [-0.4, -0.2) is 10.6 Å². The zero-order valence-corrected chi connectivity index (χ0v) is 11.7. The van der Waals surface area contributed by atoms with Crippen LogP contribution in [0.5, 0.6) is 11.5 Å². The number of nitrogen functional groups attached to an aromatic ring is 1. The van der Waals surface area contributed by atoms with Crippen molar-refractivity contribution in [3.8, 4) is 11.5 Å². The molecule has 0 amide bonds. The predicted molar refractivity (Wildman–Crippen MR) is 77.8 cm³/mol. The van der Waals surface area contributed by atoms with E-state index in [1.54, 1.807) is 12.3 Å². The van der Waals surface area contributed by atoms with E-state index >= 15 is 0 Å². The predicted octanol–water partition coefficient (Wildman–Crippen LogP) is 2.96. The molecule has 1 aliphatic heterocycles. The van der Waals surface area contributed by atoms with E-state index in [2.05, 4.69) is 24.9 Å². The highest BCUT2D eigenvalue weighted by molar-refractivity contribution is 5.50. The number of nitrogens with two attached hydrogens (primary N) is 1. The van der Waals surface area contributed by atoms with Gasteiger partial charge in [0, 0.05) is 23.9 Å². The molecule has 4 nitrogen and oxygen atoms in total. The van der Waals surface area contributed by atoms with E-state index < -0.39 is 0 Å².